The van der Waals surface area contributed by atoms with Gasteiger partial charge in [-0.1, -0.05) is 36.4 Å². The second-order valence-electron chi connectivity index (χ2n) is 9.60. The van der Waals surface area contributed by atoms with Crippen LogP contribution in [0.1, 0.15) is 20.8 Å². The number of aromatic nitrogens is 2. The number of para-hydroxylation sites is 1. The van der Waals surface area contributed by atoms with Crippen LogP contribution in [0.5, 0.6) is 0 Å². The van der Waals surface area contributed by atoms with E-state index in [1.807, 2.05) is 51.1 Å². The van der Waals surface area contributed by atoms with Gasteiger partial charge in [-0.25, -0.2) is 22.2 Å². The third kappa shape index (κ3) is 4.32. The average Bonchev–Trinajstić information content (AvgIpc) is 3.30. The Bertz CT molecular complexity index is 1500. The summed E-state index contributed by atoms with van der Waals surface area (Å²) >= 11 is 0. The summed E-state index contributed by atoms with van der Waals surface area (Å²) < 4.78 is 33.9. The van der Waals surface area contributed by atoms with E-state index in [9.17, 15) is 13.2 Å². The highest BCUT2D eigenvalue weighted by Crippen LogP contribution is 2.34. The molecule has 1 aliphatic heterocycles. The van der Waals surface area contributed by atoms with E-state index in [1.54, 1.807) is 41.4 Å². The lowest BCUT2D eigenvalue weighted by Gasteiger charge is -2.36. The number of carbonyl (C=O) groups excluding carboxylic acids is 1. The molecule has 8 nitrogen and oxygen atoms in total. The Hall–Kier alpha value is -3.59. The van der Waals surface area contributed by atoms with Crippen LogP contribution in [0.15, 0.2) is 71.8 Å². The fourth-order valence-corrected chi connectivity index (χ4v) is 5.77. The molecule has 4 aromatic rings. The second-order valence-corrected chi connectivity index (χ2v) is 11.4. The SMILES string of the molecule is CC(C)(C)OC(=O)N1CCN(c2nc3ccccc3c3c2ccn3S(=O)(=O)c2ccccc2)CC1. The third-order valence-corrected chi connectivity index (χ3v) is 7.70. The van der Waals surface area contributed by atoms with E-state index in [0.717, 1.165) is 10.8 Å². The Balaban J connectivity index is 1.55. The molecule has 0 atom stereocenters. The fraction of sp³-hybridized carbons (Fsp3) is 0.308. The molecule has 1 saturated heterocycles. The molecule has 0 aliphatic carbocycles. The summed E-state index contributed by atoms with van der Waals surface area (Å²) in [7, 11) is -3.80. The maximum atomic E-state index is 13.5. The molecule has 1 aliphatic rings. The number of pyridine rings is 1. The number of fused-ring (bicyclic) bond motifs is 3. The molecule has 0 spiro atoms. The maximum absolute atomic E-state index is 13.5. The van der Waals surface area contributed by atoms with E-state index in [-0.39, 0.29) is 11.0 Å². The average molecular weight is 493 g/mol. The maximum Gasteiger partial charge on any atom is 0.410 e. The highest BCUT2D eigenvalue weighted by Gasteiger charge is 2.29. The molecule has 0 radical (unpaired) electrons. The minimum atomic E-state index is -3.80. The van der Waals surface area contributed by atoms with Gasteiger partial charge in [-0.3, -0.25) is 0 Å². The minimum Gasteiger partial charge on any atom is -0.444 e. The predicted molar refractivity (Wildman–Crippen MR) is 136 cm³/mol. The Labute approximate surface area is 204 Å². The summed E-state index contributed by atoms with van der Waals surface area (Å²) in [4.78, 5) is 21.4. The molecule has 2 aromatic carbocycles. The summed E-state index contributed by atoms with van der Waals surface area (Å²) in [5.41, 5.74) is 0.768. The summed E-state index contributed by atoms with van der Waals surface area (Å²) in [5, 5.41) is 1.53. The van der Waals surface area contributed by atoms with Crippen molar-refractivity contribution in [3.05, 3.63) is 66.9 Å². The number of amides is 1. The first-order chi connectivity index (χ1) is 16.6. The van der Waals surface area contributed by atoms with Gasteiger partial charge in [0.1, 0.15) is 11.4 Å². The van der Waals surface area contributed by atoms with E-state index < -0.39 is 15.6 Å². The van der Waals surface area contributed by atoms with Gasteiger partial charge in [0.05, 0.1) is 15.9 Å². The molecule has 1 amide bonds. The number of hydrogen-bond acceptors (Lipinski definition) is 6. The molecule has 3 heterocycles. The highest BCUT2D eigenvalue weighted by atomic mass is 32.2. The zero-order valence-electron chi connectivity index (χ0n) is 20.0. The molecule has 0 bridgehead atoms. The predicted octanol–water partition coefficient (Wildman–Crippen LogP) is 4.48. The highest BCUT2D eigenvalue weighted by molar-refractivity contribution is 7.90. The van der Waals surface area contributed by atoms with Crippen LogP contribution < -0.4 is 4.90 Å². The summed E-state index contributed by atoms with van der Waals surface area (Å²) in [6, 6.07) is 17.8. The fourth-order valence-electron chi connectivity index (χ4n) is 4.38. The lowest BCUT2D eigenvalue weighted by atomic mass is 10.1. The Kier molecular flexibility index (Phi) is 5.67. The normalized spacial score (nSPS) is 15.1. The second kappa shape index (κ2) is 8.57. The number of nitrogens with zero attached hydrogens (tertiary/aromatic N) is 4. The smallest absolute Gasteiger partial charge is 0.410 e. The van der Waals surface area contributed by atoms with Crippen molar-refractivity contribution in [1.82, 2.24) is 13.9 Å². The molecule has 35 heavy (non-hydrogen) atoms. The molecule has 182 valence electrons. The minimum absolute atomic E-state index is 0.228. The van der Waals surface area contributed by atoms with Gasteiger partial charge in [0.15, 0.2) is 0 Å². The van der Waals surface area contributed by atoms with Crippen LogP contribution in [0, 0.1) is 0 Å². The number of carbonyl (C=O) groups is 1. The molecular weight excluding hydrogens is 464 g/mol. The number of rotatable bonds is 3. The van der Waals surface area contributed by atoms with Crippen molar-refractivity contribution in [1.29, 1.82) is 0 Å². The number of benzene rings is 2. The Morgan fingerprint density at radius 3 is 2.23 bits per heavy atom. The standard InChI is InChI=1S/C26H28N4O4S/c1-26(2,3)34-25(31)29-17-15-28(16-18-29)24-21-13-14-30(35(32,33)19-9-5-4-6-10-19)23(21)20-11-7-8-12-22(20)27-24/h4-14H,15-18H2,1-3H3. The topological polar surface area (TPSA) is 84.7 Å². The molecule has 0 unspecified atom stereocenters. The van der Waals surface area contributed by atoms with Gasteiger partial charge >= 0.3 is 6.09 Å². The van der Waals surface area contributed by atoms with Crippen LogP contribution in [0.3, 0.4) is 0 Å². The van der Waals surface area contributed by atoms with Crippen LogP contribution in [0.4, 0.5) is 10.6 Å². The van der Waals surface area contributed by atoms with Crippen molar-refractivity contribution in [2.45, 2.75) is 31.3 Å². The van der Waals surface area contributed by atoms with Crippen molar-refractivity contribution >= 4 is 43.7 Å². The van der Waals surface area contributed by atoms with Gasteiger partial charge in [0.2, 0.25) is 0 Å². The lowest BCUT2D eigenvalue weighted by Crippen LogP contribution is -2.50. The van der Waals surface area contributed by atoms with Crippen LogP contribution in [-0.4, -0.2) is 60.1 Å². The van der Waals surface area contributed by atoms with Crippen LogP contribution >= 0.6 is 0 Å². The molecule has 5 rings (SSSR count). The summed E-state index contributed by atoms with van der Waals surface area (Å²) in [5.74, 6) is 0.713. The van der Waals surface area contributed by atoms with Gasteiger partial charge in [-0.05, 0) is 45.0 Å². The molecule has 2 aromatic heterocycles. The van der Waals surface area contributed by atoms with E-state index in [1.165, 1.54) is 3.97 Å². The first-order valence-electron chi connectivity index (χ1n) is 11.6. The monoisotopic (exact) mass is 492 g/mol. The van der Waals surface area contributed by atoms with Crippen molar-refractivity contribution in [3.8, 4) is 0 Å². The van der Waals surface area contributed by atoms with Gasteiger partial charge in [-0.15, -0.1) is 0 Å². The first kappa shape index (κ1) is 23.2. The van der Waals surface area contributed by atoms with Crippen LogP contribution in [0.2, 0.25) is 0 Å². The van der Waals surface area contributed by atoms with E-state index in [0.29, 0.717) is 43.0 Å². The Morgan fingerprint density at radius 1 is 0.886 bits per heavy atom. The third-order valence-electron chi connectivity index (χ3n) is 6.01. The van der Waals surface area contributed by atoms with Crippen molar-refractivity contribution < 1.29 is 17.9 Å². The van der Waals surface area contributed by atoms with E-state index in [2.05, 4.69) is 4.90 Å². The van der Waals surface area contributed by atoms with E-state index in [4.69, 9.17) is 9.72 Å². The van der Waals surface area contributed by atoms with Crippen molar-refractivity contribution in [2.75, 3.05) is 31.1 Å². The van der Waals surface area contributed by atoms with Gasteiger partial charge in [0, 0.05) is 43.1 Å². The molecule has 1 fully saturated rings. The number of piperazine rings is 1. The molecule has 9 heteroatoms. The lowest BCUT2D eigenvalue weighted by molar-refractivity contribution is 0.0240. The van der Waals surface area contributed by atoms with Crippen LogP contribution in [0.25, 0.3) is 21.8 Å². The summed E-state index contributed by atoms with van der Waals surface area (Å²) in [6.07, 6.45) is 1.27. The number of hydrogen-bond donors (Lipinski definition) is 0. The number of ether oxygens (including phenoxy) is 1. The van der Waals surface area contributed by atoms with E-state index >= 15 is 0 Å². The summed E-state index contributed by atoms with van der Waals surface area (Å²) in [6.45, 7) is 7.68. The zero-order valence-corrected chi connectivity index (χ0v) is 20.8. The Morgan fingerprint density at radius 2 is 1.54 bits per heavy atom. The quantitative estimate of drug-likeness (QED) is 0.419. The van der Waals surface area contributed by atoms with Gasteiger partial charge in [0.25, 0.3) is 10.0 Å². The molecule has 0 N–H and O–H groups in total. The molecule has 0 saturated carbocycles. The zero-order chi connectivity index (χ0) is 24.8. The van der Waals surface area contributed by atoms with Gasteiger partial charge in [-0.2, -0.15) is 0 Å². The van der Waals surface area contributed by atoms with Crippen molar-refractivity contribution in [3.63, 3.8) is 0 Å². The first-order valence-corrected chi connectivity index (χ1v) is 13.0. The number of anilines is 1. The van der Waals surface area contributed by atoms with Crippen LogP contribution in [-0.2, 0) is 14.8 Å². The molecular formula is C26H28N4O4S. The van der Waals surface area contributed by atoms with Gasteiger partial charge < -0.3 is 14.5 Å². The van der Waals surface area contributed by atoms with Crippen molar-refractivity contribution in [2.24, 2.45) is 0 Å². The largest absolute Gasteiger partial charge is 0.444 e.